The van der Waals surface area contributed by atoms with E-state index in [1.54, 1.807) is 6.08 Å². The molecule has 6 fully saturated rings. The minimum Gasteiger partial charge on any atom is -0.393 e. The fourth-order valence-corrected chi connectivity index (χ4v) is 10.9. The Hall–Kier alpha value is -1.26. The molecule has 0 aromatic rings. The van der Waals surface area contributed by atoms with E-state index < -0.39 is 60.6 Å². The summed E-state index contributed by atoms with van der Waals surface area (Å²) in [6, 6.07) is 0. The van der Waals surface area contributed by atoms with Gasteiger partial charge in [0.1, 0.15) is 18.3 Å². The van der Waals surface area contributed by atoms with Crippen LogP contribution in [0, 0.1) is 23.7 Å². The summed E-state index contributed by atoms with van der Waals surface area (Å²) in [5.41, 5.74) is 0.0939. The zero-order valence-corrected chi connectivity index (χ0v) is 34.4. The first-order valence-corrected chi connectivity index (χ1v) is 21.6. The fourth-order valence-electron chi connectivity index (χ4n) is 10.9. The fraction of sp³-hybridized carbons (Fsp3) is 0.864. The van der Waals surface area contributed by atoms with Crippen LogP contribution in [0.2, 0.25) is 0 Å². The molecule has 5 N–H and O–H groups in total. The van der Waals surface area contributed by atoms with Crippen LogP contribution < -0.4 is 0 Å². The Morgan fingerprint density at radius 2 is 1.82 bits per heavy atom. The van der Waals surface area contributed by atoms with Crippen LogP contribution in [0.5, 0.6) is 0 Å². The molecule has 3 spiro atoms. The summed E-state index contributed by atoms with van der Waals surface area (Å²) in [7, 11) is 0. The van der Waals surface area contributed by atoms with Gasteiger partial charge in [0.05, 0.1) is 54.9 Å². The lowest BCUT2D eigenvalue weighted by molar-refractivity contribution is -0.388. The highest BCUT2D eigenvalue weighted by atomic mass is 16.8. The maximum Gasteiger partial charge on any atom is 0.241 e. The molecule has 5 saturated heterocycles. The molecule has 6 aliphatic heterocycles. The van der Waals surface area contributed by atoms with Crippen LogP contribution in [-0.2, 0) is 33.2 Å². The second-order valence-corrected chi connectivity index (χ2v) is 19.1. The van der Waals surface area contributed by atoms with Gasteiger partial charge in [0, 0.05) is 31.8 Å². The van der Waals surface area contributed by atoms with Gasteiger partial charge < -0.3 is 58.7 Å². The van der Waals surface area contributed by atoms with E-state index in [4.69, 9.17) is 33.2 Å². The Labute approximate surface area is 333 Å². The molecule has 318 valence electrons. The topological polar surface area (TPSA) is 166 Å². The van der Waals surface area contributed by atoms with Crippen LogP contribution in [0.4, 0.5) is 0 Å². The molecular formula is C44H70O12. The lowest BCUT2D eigenvalue weighted by atomic mass is 9.65. The van der Waals surface area contributed by atoms with Gasteiger partial charge in [0.2, 0.25) is 12.1 Å². The van der Waals surface area contributed by atoms with Gasteiger partial charge in [-0.2, -0.15) is 0 Å². The van der Waals surface area contributed by atoms with Crippen molar-refractivity contribution < 1.29 is 58.7 Å². The maximum atomic E-state index is 11.6. The largest absolute Gasteiger partial charge is 0.393 e. The van der Waals surface area contributed by atoms with Gasteiger partial charge in [-0.05, 0) is 107 Å². The molecule has 7 aliphatic rings. The molecule has 17 unspecified atom stereocenters. The standard InChI is InChI=1S/C44H70O12/c1-26-19-36(55-44(21-26)40(48)50-24-32(54-44)22-41(6,49)25-45)28(3)9-10-31-12-16-43(53-31)17-13-35-39(56-43)37(47)30(5)38(52-35)34(46)20-29(4)33-23-42(15-11-27(33)2)14-7-8-18-51-42/h9-10,21,27-29,31-40,45-49H,5,7-8,11-20,22-25H2,1-4,6H3. The van der Waals surface area contributed by atoms with Gasteiger partial charge in [0.15, 0.2) is 5.79 Å². The highest BCUT2D eigenvalue weighted by Crippen LogP contribution is 2.49. The van der Waals surface area contributed by atoms with E-state index in [0.717, 1.165) is 50.7 Å². The van der Waals surface area contributed by atoms with Crippen LogP contribution in [-0.4, -0.2) is 123 Å². The van der Waals surface area contributed by atoms with Crippen molar-refractivity contribution in [3.63, 3.8) is 0 Å². The van der Waals surface area contributed by atoms with Crippen LogP contribution in [0.25, 0.3) is 0 Å². The highest BCUT2D eigenvalue weighted by molar-refractivity contribution is 5.19. The van der Waals surface area contributed by atoms with E-state index in [0.29, 0.717) is 49.5 Å². The molecule has 0 aromatic carbocycles. The molecule has 12 nitrogen and oxygen atoms in total. The third-order valence-electron chi connectivity index (χ3n) is 14.3. The average molecular weight is 791 g/mol. The molecule has 1 saturated carbocycles. The summed E-state index contributed by atoms with van der Waals surface area (Å²) >= 11 is 0. The summed E-state index contributed by atoms with van der Waals surface area (Å²) in [4.78, 5) is 0. The van der Waals surface area contributed by atoms with Gasteiger partial charge in [-0.15, -0.1) is 0 Å². The third-order valence-corrected chi connectivity index (χ3v) is 14.3. The number of ether oxygens (including phenoxy) is 7. The van der Waals surface area contributed by atoms with Crippen LogP contribution in [0.1, 0.15) is 118 Å². The Balaban J connectivity index is 0.919. The summed E-state index contributed by atoms with van der Waals surface area (Å²) < 4.78 is 44.4. The molecule has 17 atom stereocenters. The highest BCUT2D eigenvalue weighted by Gasteiger charge is 2.55. The predicted molar refractivity (Wildman–Crippen MR) is 207 cm³/mol. The van der Waals surface area contributed by atoms with E-state index in [-0.39, 0.29) is 48.8 Å². The van der Waals surface area contributed by atoms with E-state index in [1.807, 2.05) is 19.9 Å². The first-order valence-electron chi connectivity index (χ1n) is 21.6. The van der Waals surface area contributed by atoms with E-state index in [1.165, 1.54) is 13.3 Å². The van der Waals surface area contributed by atoms with Crippen LogP contribution in [0.15, 0.2) is 36.0 Å². The van der Waals surface area contributed by atoms with Gasteiger partial charge >= 0.3 is 0 Å². The van der Waals surface area contributed by atoms with Crippen molar-refractivity contribution in [3.05, 3.63) is 36.0 Å². The Morgan fingerprint density at radius 1 is 1.04 bits per heavy atom. The molecule has 56 heavy (non-hydrogen) atoms. The SMILES string of the molecule is C=C1C(O)C2OC3(CCC(C=CC(C)C4CC(C)=CC5(OC(CC(C)(O)CO)COC5O)O4)O3)CCC2OC1C(O)CC(C)C1CC2(CCCCO2)CCC1C. The van der Waals surface area contributed by atoms with Crippen LogP contribution >= 0.6 is 0 Å². The van der Waals surface area contributed by atoms with Gasteiger partial charge in [-0.1, -0.05) is 45.1 Å². The number of fused-ring (bicyclic) bond motifs is 1. The molecular weight excluding hydrogens is 720 g/mol. The lowest BCUT2D eigenvalue weighted by Crippen LogP contribution is -2.60. The lowest BCUT2D eigenvalue weighted by Gasteiger charge is -2.50. The van der Waals surface area contributed by atoms with Crippen molar-refractivity contribution in [3.8, 4) is 0 Å². The van der Waals surface area contributed by atoms with E-state index in [2.05, 4.69) is 26.5 Å². The second-order valence-electron chi connectivity index (χ2n) is 19.1. The third kappa shape index (κ3) is 9.07. The monoisotopic (exact) mass is 790 g/mol. The summed E-state index contributed by atoms with van der Waals surface area (Å²) in [5.74, 6) is -1.13. The number of hydrogen-bond acceptors (Lipinski definition) is 12. The van der Waals surface area contributed by atoms with Crippen molar-refractivity contribution in [1.82, 2.24) is 0 Å². The number of rotatable bonds is 10. The molecule has 0 bridgehead atoms. The van der Waals surface area contributed by atoms with E-state index in [9.17, 15) is 25.5 Å². The molecule has 12 heteroatoms. The van der Waals surface area contributed by atoms with Crippen molar-refractivity contribution in [2.75, 3.05) is 19.8 Å². The first-order chi connectivity index (χ1) is 26.5. The number of aliphatic hydroxyl groups is 5. The minimum atomic E-state index is -1.52. The molecule has 0 radical (unpaired) electrons. The summed E-state index contributed by atoms with van der Waals surface area (Å²) in [6.45, 7) is 14.9. The molecule has 1 aliphatic carbocycles. The Morgan fingerprint density at radius 3 is 2.57 bits per heavy atom. The van der Waals surface area contributed by atoms with Crippen molar-refractivity contribution in [2.45, 2.75) is 196 Å². The zero-order chi connectivity index (χ0) is 40.0. The van der Waals surface area contributed by atoms with Gasteiger partial charge in [0.25, 0.3) is 0 Å². The van der Waals surface area contributed by atoms with Crippen molar-refractivity contribution in [1.29, 1.82) is 0 Å². The summed E-state index contributed by atoms with van der Waals surface area (Å²) in [6.07, 6.45) is 10.9. The minimum absolute atomic E-state index is 0.000495. The quantitative estimate of drug-likeness (QED) is 0.189. The molecule has 0 amide bonds. The zero-order valence-electron chi connectivity index (χ0n) is 34.4. The molecule has 6 heterocycles. The maximum absolute atomic E-state index is 11.6. The smallest absolute Gasteiger partial charge is 0.241 e. The number of hydrogen-bond donors (Lipinski definition) is 5. The predicted octanol–water partition coefficient (Wildman–Crippen LogP) is 4.98. The number of aliphatic hydroxyl groups excluding tert-OH is 4. The average Bonchev–Trinajstić information content (AvgIpc) is 3.56. The molecule has 0 aromatic heterocycles. The first kappa shape index (κ1) is 42.8. The normalized spacial score (nSPS) is 46.1. The van der Waals surface area contributed by atoms with Gasteiger partial charge in [-0.25, -0.2) is 0 Å². The van der Waals surface area contributed by atoms with E-state index >= 15 is 0 Å². The Bertz CT molecular complexity index is 1430. The van der Waals surface area contributed by atoms with Crippen molar-refractivity contribution >= 4 is 0 Å². The summed E-state index contributed by atoms with van der Waals surface area (Å²) in [5, 5.41) is 54.0. The Kier molecular flexibility index (Phi) is 13.0. The van der Waals surface area contributed by atoms with Crippen LogP contribution in [0.3, 0.4) is 0 Å². The second kappa shape index (κ2) is 17.0. The molecule has 7 rings (SSSR count). The van der Waals surface area contributed by atoms with Crippen molar-refractivity contribution in [2.24, 2.45) is 23.7 Å². The van der Waals surface area contributed by atoms with Gasteiger partial charge in [-0.3, -0.25) is 0 Å².